The number of nitrogens with zero attached hydrogens (tertiary/aromatic N) is 1. The van der Waals surface area contributed by atoms with Gasteiger partial charge in [0.2, 0.25) is 10.0 Å². The lowest BCUT2D eigenvalue weighted by Gasteiger charge is -2.33. The highest BCUT2D eigenvalue weighted by Crippen LogP contribution is 2.28. The lowest BCUT2D eigenvalue weighted by atomic mass is 10.1. The van der Waals surface area contributed by atoms with Crippen molar-refractivity contribution in [3.63, 3.8) is 0 Å². The zero-order chi connectivity index (χ0) is 14.9. The van der Waals surface area contributed by atoms with Gasteiger partial charge in [-0.3, -0.25) is 0 Å². The first-order chi connectivity index (χ1) is 9.39. The van der Waals surface area contributed by atoms with E-state index in [4.69, 9.17) is 5.73 Å². The average Bonchev–Trinajstić information content (AvgIpc) is 2.44. The Morgan fingerprint density at radius 2 is 1.90 bits per heavy atom. The standard InChI is InChI=1S/C12H15F3N2O2S/c13-9-4-5-10(12(15)11(9)14)20(18,19)17-6-2-1-3-8(17)7-16/h4-5,8H,1-3,6-7,16H2. The smallest absolute Gasteiger partial charge is 0.246 e. The van der Waals surface area contributed by atoms with Crippen LogP contribution < -0.4 is 5.73 Å². The third-order valence-corrected chi connectivity index (χ3v) is 5.40. The molecule has 4 nitrogen and oxygen atoms in total. The van der Waals surface area contributed by atoms with Crippen LogP contribution in [0.3, 0.4) is 0 Å². The number of sulfonamides is 1. The molecular weight excluding hydrogens is 293 g/mol. The van der Waals surface area contributed by atoms with Gasteiger partial charge in [0.05, 0.1) is 0 Å². The molecule has 1 aromatic rings. The van der Waals surface area contributed by atoms with Gasteiger partial charge in [0.15, 0.2) is 17.5 Å². The van der Waals surface area contributed by atoms with Gasteiger partial charge in [-0.1, -0.05) is 6.42 Å². The first-order valence-electron chi connectivity index (χ1n) is 6.25. The van der Waals surface area contributed by atoms with Gasteiger partial charge in [-0.15, -0.1) is 0 Å². The fourth-order valence-electron chi connectivity index (χ4n) is 2.36. The lowest BCUT2D eigenvalue weighted by molar-refractivity contribution is 0.256. The summed E-state index contributed by atoms with van der Waals surface area (Å²) in [5.74, 6) is -4.89. The lowest BCUT2D eigenvalue weighted by Crippen LogP contribution is -2.47. The van der Waals surface area contributed by atoms with Crippen molar-refractivity contribution in [3.8, 4) is 0 Å². The minimum Gasteiger partial charge on any atom is -0.329 e. The van der Waals surface area contributed by atoms with Crippen molar-refractivity contribution in [2.24, 2.45) is 5.73 Å². The molecule has 20 heavy (non-hydrogen) atoms. The number of nitrogens with two attached hydrogens (primary N) is 1. The van der Waals surface area contributed by atoms with Crippen molar-refractivity contribution in [3.05, 3.63) is 29.6 Å². The molecule has 112 valence electrons. The Kier molecular flexibility index (Phi) is 4.36. The minimum absolute atomic E-state index is 0.102. The van der Waals surface area contributed by atoms with Gasteiger partial charge >= 0.3 is 0 Å². The summed E-state index contributed by atoms with van der Waals surface area (Å²) in [5.41, 5.74) is 5.53. The minimum atomic E-state index is -4.22. The number of benzene rings is 1. The second-order valence-corrected chi connectivity index (χ2v) is 6.53. The van der Waals surface area contributed by atoms with E-state index in [2.05, 4.69) is 0 Å². The van der Waals surface area contributed by atoms with Crippen molar-refractivity contribution in [1.82, 2.24) is 4.31 Å². The van der Waals surface area contributed by atoms with E-state index in [0.717, 1.165) is 16.8 Å². The Morgan fingerprint density at radius 3 is 2.55 bits per heavy atom. The van der Waals surface area contributed by atoms with Crippen molar-refractivity contribution < 1.29 is 21.6 Å². The first kappa shape index (κ1) is 15.3. The van der Waals surface area contributed by atoms with Crippen LogP contribution in [-0.2, 0) is 10.0 Å². The van der Waals surface area contributed by atoms with E-state index in [9.17, 15) is 21.6 Å². The topological polar surface area (TPSA) is 63.4 Å². The van der Waals surface area contributed by atoms with E-state index in [1.807, 2.05) is 0 Å². The Bertz CT molecular complexity index is 607. The molecule has 0 bridgehead atoms. The second kappa shape index (κ2) is 5.71. The van der Waals surface area contributed by atoms with Gasteiger partial charge in [0.1, 0.15) is 4.90 Å². The number of halogens is 3. The molecule has 0 aromatic heterocycles. The molecule has 2 rings (SSSR count). The Labute approximate surface area is 115 Å². The average molecular weight is 308 g/mol. The maximum Gasteiger partial charge on any atom is 0.246 e. The predicted octanol–water partition coefficient (Wildman–Crippen LogP) is 1.61. The third kappa shape index (κ3) is 2.55. The van der Waals surface area contributed by atoms with Crippen LogP contribution in [0.2, 0.25) is 0 Å². The molecule has 1 unspecified atom stereocenters. The van der Waals surface area contributed by atoms with E-state index in [1.165, 1.54) is 0 Å². The van der Waals surface area contributed by atoms with Crippen LogP contribution in [0.25, 0.3) is 0 Å². The molecule has 0 radical (unpaired) electrons. The quantitative estimate of drug-likeness (QED) is 0.863. The fourth-order valence-corrected chi connectivity index (χ4v) is 4.12. The summed E-state index contributed by atoms with van der Waals surface area (Å²) in [6.45, 7) is 0.299. The van der Waals surface area contributed by atoms with Crippen LogP contribution in [-0.4, -0.2) is 31.9 Å². The summed E-state index contributed by atoms with van der Waals surface area (Å²) in [6.07, 6.45) is 2.02. The summed E-state index contributed by atoms with van der Waals surface area (Å²) in [7, 11) is -4.22. The number of rotatable bonds is 3. The highest BCUT2D eigenvalue weighted by atomic mass is 32.2. The van der Waals surface area contributed by atoms with Crippen molar-refractivity contribution in [2.75, 3.05) is 13.1 Å². The van der Waals surface area contributed by atoms with Crippen molar-refractivity contribution in [1.29, 1.82) is 0 Å². The molecule has 0 aliphatic carbocycles. The summed E-state index contributed by atoms with van der Waals surface area (Å²) in [4.78, 5) is -0.850. The number of hydrogen-bond acceptors (Lipinski definition) is 3. The van der Waals surface area contributed by atoms with E-state index < -0.39 is 38.4 Å². The molecule has 1 fully saturated rings. The Hall–Kier alpha value is -1.12. The molecule has 1 saturated heterocycles. The Morgan fingerprint density at radius 1 is 1.20 bits per heavy atom. The maximum absolute atomic E-state index is 13.7. The normalized spacial score (nSPS) is 21.1. The first-order valence-corrected chi connectivity index (χ1v) is 7.69. The molecule has 0 spiro atoms. The van der Waals surface area contributed by atoms with Crippen LogP contribution in [0.15, 0.2) is 17.0 Å². The monoisotopic (exact) mass is 308 g/mol. The summed E-state index contributed by atoms with van der Waals surface area (Å²) >= 11 is 0. The zero-order valence-corrected chi connectivity index (χ0v) is 11.5. The number of hydrogen-bond donors (Lipinski definition) is 1. The van der Waals surface area contributed by atoms with E-state index in [-0.39, 0.29) is 13.1 Å². The molecule has 0 saturated carbocycles. The zero-order valence-electron chi connectivity index (χ0n) is 10.7. The fraction of sp³-hybridized carbons (Fsp3) is 0.500. The second-order valence-electron chi connectivity index (χ2n) is 4.67. The van der Waals surface area contributed by atoms with Crippen molar-refractivity contribution >= 4 is 10.0 Å². The molecule has 1 atom stereocenters. The maximum atomic E-state index is 13.7. The molecule has 1 aromatic carbocycles. The van der Waals surface area contributed by atoms with Crippen LogP contribution >= 0.6 is 0 Å². The third-order valence-electron chi connectivity index (χ3n) is 3.43. The molecular formula is C12H15F3N2O2S. The molecule has 8 heteroatoms. The Balaban J connectivity index is 2.47. The highest BCUT2D eigenvalue weighted by molar-refractivity contribution is 7.89. The van der Waals surface area contributed by atoms with Gasteiger partial charge in [-0.25, -0.2) is 21.6 Å². The van der Waals surface area contributed by atoms with Crippen LogP contribution in [0.5, 0.6) is 0 Å². The predicted molar refractivity (Wildman–Crippen MR) is 66.9 cm³/mol. The summed E-state index contributed by atoms with van der Waals surface area (Å²) in [6, 6.07) is 0.902. The highest BCUT2D eigenvalue weighted by Gasteiger charge is 2.35. The molecule has 2 N–H and O–H groups in total. The van der Waals surface area contributed by atoms with E-state index >= 15 is 0 Å². The number of piperidine rings is 1. The molecule has 1 heterocycles. The molecule has 1 aliphatic heterocycles. The molecule has 0 amide bonds. The van der Waals surface area contributed by atoms with Crippen LogP contribution in [0.4, 0.5) is 13.2 Å². The summed E-state index contributed by atoms with van der Waals surface area (Å²) < 4.78 is 65.6. The SMILES string of the molecule is NCC1CCCCN1S(=O)(=O)c1ccc(F)c(F)c1F. The van der Waals surface area contributed by atoms with Gasteiger partial charge in [0, 0.05) is 19.1 Å². The summed E-state index contributed by atoms with van der Waals surface area (Å²) in [5, 5.41) is 0. The van der Waals surface area contributed by atoms with E-state index in [0.29, 0.717) is 18.9 Å². The van der Waals surface area contributed by atoms with Gasteiger partial charge in [-0.05, 0) is 25.0 Å². The molecule has 1 aliphatic rings. The van der Waals surface area contributed by atoms with Crippen LogP contribution in [0.1, 0.15) is 19.3 Å². The van der Waals surface area contributed by atoms with Gasteiger partial charge in [-0.2, -0.15) is 4.31 Å². The van der Waals surface area contributed by atoms with Gasteiger partial charge < -0.3 is 5.73 Å². The largest absolute Gasteiger partial charge is 0.329 e. The van der Waals surface area contributed by atoms with Crippen molar-refractivity contribution in [2.45, 2.75) is 30.2 Å². The van der Waals surface area contributed by atoms with Gasteiger partial charge in [0.25, 0.3) is 0 Å². The van der Waals surface area contributed by atoms with Crippen LogP contribution in [0, 0.1) is 17.5 Å². The van der Waals surface area contributed by atoms with E-state index in [1.54, 1.807) is 0 Å².